The van der Waals surface area contributed by atoms with Crippen molar-refractivity contribution >= 4 is 23.5 Å². The van der Waals surface area contributed by atoms with Crippen LogP contribution in [0.5, 0.6) is 0 Å². The van der Waals surface area contributed by atoms with Crippen LogP contribution in [-0.4, -0.2) is 34.6 Å². The number of nitrogens with one attached hydrogen (secondary N) is 1. The number of thioether (sulfide) groups is 2. The lowest BCUT2D eigenvalue weighted by Gasteiger charge is -2.35. The van der Waals surface area contributed by atoms with Crippen LogP contribution >= 0.6 is 23.5 Å². The number of hydrogen-bond acceptors (Lipinski definition) is 3. The second-order valence-corrected chi connectivity index (χ2v) is 8.44. The summed E-state index contributed by atoms with van der Waals surface area (Å²) in [5.41, 5.74) is 2.84. The third-order valence-electron chi connectivity index (χ3n) is 3.83. The van der Waals surface area contributed by atoms with Crippen LogP contribution in [0, 0.1) is 6.92 Å². The summed E-state index contributed by atoms with van der Waals surface area (Å²) >= 11 is 4.31. The molecule has 1 nitrogen and oxygen atoms in total. The van der Waals surface area contributed by atoms with Crippen LogP contribution in [-0.2, 0) is 6.42 Å². The number of rotatable bonds is 6. The lowest BCUT2D eigenvalue weighted by atomic mass is 10.00. The fraction of sp³-hybridized carbons (Fsp3) is 0.647. The Hall–Kier alpha value is -0.120. The molecule has 1 aliphatic rings. The predicted molar refractivity (Wildman–Crippen MR) is 95.1 cm³/mol. The van der Waals surface area contributed by atoms with Crippen LogP contribution in [0.15, 0.2) is 24.3 Å². The van der Waals surface area contributed by atoms with Gasteiger partial charge in [0.1, 0.15) is 0 Å². The van der Waals surface area contributed by atoms with Crippen molar-refractivity contribution < 1.29 is 0 Å². The summed E-state index contributed by atoms with van der Waals surface area (Å²) < 4.78 is 0. The van der Waals surface area contributed by atoms with Gasteiger partial charge in [-0.1, -0.05) is 43.7 Å². The van der Waals surface area contributed by atoms with Gasteiger partial charge in [0, 0.05) is 28.0 Å². The summed E-state index contributed by atoms with van der Waals surface area (Å²) in [6, 6.07) is 9.59. The summed E-state index contributed by atoms with van der Waals surface area (Å²) in [6.07, 6.45) is 2.37. The van der Waals surface area contributed by atoms with Crippen LogP contribution < -0.4 is 5.32 Å². The molecule has 112 valence electrons. The van der Waals surface area contributed by atoms with Crippen LogP contribution in [0.1, 0.15) is 31.4 Å². The Bertz CT molecular complexity index is 408. The van der Waals surface area contributed by atoms with E-state index >= 15 is 0 Å². The van der Waals surface area contributed by atoms with Crippen molar-refractivity contribution in [2.24, 2.45) is 0 Å². The third-order valence-corrected chi connectivity index (χ3v) is 7.08. The highest BCUT2D eigenvalue weighted by atomic mass is 32.2. The van der Waals surface area contributed by atoms with Crippen LogP contribution in [0.25, 0.3) is 0 Å². The van der Waals surface area contributed by atoms with Gasteiger partial charge in [-0.25, -0.2) is 0 Å². The van der Waals surface area contributed by atoms with Crippen LogP contribution in [0.2, 0.25) is 0 Å². The van der Waals surface area contributed by atoms with E-state index in [-0.39, 0.29) is 0 Å². The molecule has 1 saturated heterocycles. The predicted octanol–water partition coefficient (Wildman–Crippen LogP) is 4.14. The molecule has 0 saturated carbocycles. The lowest BCUT2D eigenvalue weighted by Crippen LogP contribution is -2.46. The van der Waals surface area contributed by atoms with Gasteiger partial charge in [0.05, 0.1) is 0 Å². The second kappa shape index (κ2) is 8.35. The van der Waals surface area contributed by atoms with Crippen molar-refractivity contribution in [2.75, 3.05) is 18.1 Å². The molecule has 1 heterocycles. The highest BCUT2D eigenvalue weighted by molar-refractivity contribution is 8.07. The van der Waals surface area contributed by atoms with Crippen LogP contribution in [0.4, 0.5) is 0 Å². The van der Waals surface area contributed by atoms with E-state index in [1.165, 1.54) is 29.1 Å². The topological polar surface area (TPSA) is 12.0 Å². The molecule has 1 aromatic rings. The second-order valence-electron chi connectivity index (χ2n) is 5.67. The van der Waals surface area contributed by atoms with Gasteiger partial charge in [-0.15, -0.1) is 0 Å². The zero-order chi connectivity index (χ0) is 14.4. The van der Waals surface area contributed by atoms with Gasteiger partial charge in [-0.3, -0.25) is 0 Å². The van der Waals surface area contributed by atoms with E-state index in [4.69, 9.17) is 0 Å². The molecule has 0 spiro atoms. The minimum absolute atomic E-state index is 0.601. The average Bonchev–Trinajstić information content (AvgIpc) is 2.44. The lowest BCUT2D eigenvalue weighted by molar-refractivity contribution is 0.486. The summed E-state index contributed by atoms with van der Waals surface area (Å²) in [7, 11) is 0. The molecule has 3 atom stereocenters. The minimum atomic E-state index is 0.601. The molecular weight excluding hydrogens is 282 g/mol. The van der Waals surface area contributed by atoms with E-state index in [9.17, 15) is 0 Å². The maximum Gasteiger partial charge on any atom is 0.0320 e. The molecule has 1 N–H and O–H groups in total. The molecule has 0 aromatic heterocycles. The molecule has 1 aromatic carbocycles. The molecule has 1 fully saturated rings. The number of benzene rings is 1. The van der Waals surface area contributed by atoms with Gasteiger partial charge < -0.3 is 5.32 Å². The quantitative estimate of drug-likeness (QED) is 0.848. The Balaban J connectivity index is 2.06. The molecular formula is C17H27NS2. The van der Waals surface area contributed by atoms with E-state index in [1.54, 1.807) is 0 Å². The summed E-state index contributed by atoms with van der Waals surface area (Å²) in [6.45, 7) is 7.97. The van der Waals surface area contributed by atoms with Gasteiger partial charge in [-0.05, 0) is 31.9 Å². The first-order chi connectivity index (χ1) is 9.70. The first-order valence-corrected chi connectivity index (χ1v) is 9.82. The molecule has 0 amide bonds. The van der Waals surface area contributed by atoms with Crippen molar-refractivity contribution in [1.29, 1.82) is 0 Å². The third kappa shape index (κ3) is 4.71. The Morgan fingerprint density at radius 1 is 1.30 bits per heavy atom. The smallest absolute Gasteiger partial charge is 0.0320 e. The van der Waals surface area contributed by atoms with Crippen molar-refractivity contribution in [3.8, 4) is 0 Å². The van der Waals surface area contributed by atoms with Crippen molar-refractivity contribution in [1.82, 2.24) is 5.32 Å². The summed E-state index contributed by atoms with van der Waals surface area (Å²) in [5.74, 6) is 2.62. The van der Waals surface area contributed by atoms with Gasteiger partial charge in [0.2, 0.25) is 0 Å². The number of aryl methyl sites for hydroxylation is 1. The Morgan fingerprint density at radius 3 is 2.80 bits per heavy atom. The summed E-state index contributed by atoms with van der Waals surface area (Å²) in [4.78, 5) is 0. The molecule has 20 heavy (non-hydrogen) atoms. The minimum Gasteiger partial charge on any atom is -0.313 e. The van der Waals surface area contributed by atoms with Gasteiger partial charge in [0.15, 0.2) is 0 Å². The Labute approximate surface area is 132 Å². The first kappa shape index (κ1) is 16.3. The first-order valence-electron chi connectivity index (χ1n) is 7.73. The molecule has 0 bridgehead atoms. The van der Waals surface area contributed by atoms with Gasteiger partial charge >= 0.3 is 0 Å². The van der Waals surface area contributed by atoms with Crippen LogP contribution in [0.3, 0.4) is 0 Å². The molecule has 1 aliphatic heterocycles. The van der Waals surface area contributed by atoms with E-state index in [1.807, 2.05) is 0 Å². The fourth-order valence-corrected chi connectivity index (χ4v) is 5.78. The normalized spacial score (nSPS) is 24.6. The maximum absolute atomic E-state index is 3.80. The summed E-state index contributed by atoms with van der Waals surface area (Å²) in [5, 5.41) is 5.30. The zero-order valence-electron chi connectivity index (χ0n) is 12.9. The standard InChI is InChI=1S/C17H27NS2/c1-4-8-18-16(17-14(3)19-9-10-20-17)12-15-7-5-6-13(2)11-15/h5-7,11,14,16-18H,4,8-10,12H2,1-3H3. The van der Waals surface area contributed by atoms with E-state index in [2.05, 4.69) is 73.9 Å². The molecule has 3 heteroatoms. The largest absolute Gasteiger partial charge is 0.313 e. The zero-order valence-corrected chi connectivity index (χ0v) is 14.5. The van der Waals surface area contributed by atoms with Crippen molar-refractivity contribution in [2.45, 2.75) is 50.2 Å². The fourth-order valence-electron chi connectivity index (χ4n) is 2.82. The molecule has 2 rings (SSSR count). The van der Waals surface area contributed by atoms with Gasteiger partial charge in [0.25, 0.3) is 0 Å². The highest BCUT2D eigenvalue weighted by Gasteiger charge is 2.30. The number of hydrogen-bond donors (Lipinski definition) is 1. The average molecular weight is 310 g/mol. The molecule has 0 radical (unpaired) electrons. The Morgan fingerprint density at radius 2 is 2.10 bits per heavy atom. The van der Waals surface area contributed by atoms with Gasteiger partial charge in [-0.2, -0.15) is 23.5 Å². The highest BCUT2D eigenvalue weighted by Crippen LogP contribution is 2.34. The van der Waals surface area contributed by atoms with E-state index < -0.39 is 0 Å². The van der Waals surface area contributed by atoms with Crippen molar-refractivity contribution in [3.05, 3.63) is 35.4 Å². The maximum atomic E-state index is 3.80. The Kier molecular flexibility index (Phi) is 6.79. The van der Waals surface area contributed by atoms with Crippen molar-refractivity contribution in [3.63, 3.8) is 0 Å². The monoisotopic (exact) mass is 309 g/mol. The SMILES string of the molecule is CCCNC(Cc1cccc(C)c1)C1SCCSC1C. The van der Waals surface area contributed by atoms with E-state index in [0.29, 0.717) is 6.04 Å². The molecule has 3 unspecified atom stereocenters. The molecule has 0 aliphatic carbocycles. The van der Waals surface area contributed by atoms with E-state index in [0.717, 1.165) is 23.5 Å².